The summed E-state index contributed by atoms with van der Waals surface area (Å²) in [6.45, 7) is 1.76. The number of hydrogen-bond acceptors (Lipinski definition) is 2. The molecular formula is C12H14BrNO2. The average Bonchev–Trinajstić information content (AvgIpc) is 3.04. The molecule has 4 heteroatoms. The van der Waals surface area contributed by atoms with E-state index in [1.54, 1.807) is 6.92 Å². The van der Waals surface area contributed by atoms with E-state index in [1.807, 2.05) is 24.3 Å². The van der Waals surface area contributed by atoms with Gasteiger partial charge in [0, 0.05) is 10.2 Å². The van der Waals surface area contributed by atoms with Crippen molar-refractivity contribution in [3.05, 3.63) is 28.7 Å². The van der Waals surface area contributed by atoms with Crippen molar-refractivity contribution in [1.29, 1.82) is 0 Å². The van der Waals surface area contributed by atoms with Crippen molar-refractivity contribution in [2.24, 2.45) is 5.92 Å². The first-order valence-corrected chi connectivity index (χ1v) is 6.09. The predicted octanol–water partition coefficient (Wildman–Crippen LogP) is 3.11. The highest BCUT2D eigenvalue weighted by atomic mass is 79.9. The quantitative estimate of drug-likeness (QED) is 0.893. The van der Waals surface area contributed by atoms with Crippen molar-refractivity contribution in [2.45, 2.75) is 25.3 Å². The molecule has 2 N–H and O–H groups in total. The van der Waals surface area contributed by atoms with E-state index in [-0.39, 0.29) is 5.92 Å². The molecule has 3 nitrogen and oxygen atoms in total. The van der Waals surface area contributed by atoms with Crippen LogP contribution in [0, 0.1) is 5.92 Å². The SMILES string of the molecule is CC(Nc1ccccc1Br)(C(=O)O)C1CC1. The summed E-state index contributed by atoms with van der Waals surface area (Å²) in [5.41, 5.74) is -0.0246. The second-order valence-corrected chi connectivity index (χ2v) is 5.24. The molecule has 16 heavy (non-hydrogen) atoms. The molecule has 86 valence electrons. The topological polar surface area (TPSA) is 49.3 Å². The maximum absolute atomic E-state index is 11.3. The Morgan fingerprint density at radius 3 is 2.62 bits per heavy atom. The Labute approximate surface area is 103 Å². The van der Waals surface area contributed by atoms with Gasteiger partial charge >= 0.3 is 5.97 Å². The van der Waals surface area contributed by atoms with Gasteiger partial charge in [-0.3, -0.25) is 0 Å². The minimum absolute atomic E-state index is 0.233. The summed E-state index contributed by atoms with van der Waals surface area (Å²) < 4.78 is 0.892. The number of rotatable bonds is 4. The lowest BCUT2D eigenvalue weighted by Gasteiger charge is -2.27. The molecule has 1 atom stereocenters. The van der Waals surface area contributed by atoms with Gasteiger partial charge < -0.3 is 10.4 Å². The molecule has 1 aromatic rings. The number of aliphatic carboxylic acids is 1. The van der Waals surface area contributed by atoms with E-state index in [2.05, 4.69) is 21.2 Å². The van der Waals surface area contributed by atoms with E-state index in [1.165, 1.54) is 0 Å². The van der Waals surface area contributed by atoms with E-state index in [4.69, 9.17) is 0 Å². The van der Waals surface area contributed by atoms with Crippen LogP contribution in [0.25, 0.3) is 0 Å². The molecule has 0 radical (unpaired) electrons. The Bertz CT molecular complexity index is 417. The minimum atomic E-state index is -0.857. The fourth-order valence-corrected chi connectivity index (χ4v) is 2.22. The number of para-hydroxylation sites is 1. The molecule has 1 fully saturated rings. The van der Waals surface area contributed by atoms with Gasteiger partial charge in [0.1, 0.15) is 5.54 Å². The van der Waals surface area contributed by atoms with Crippen LogP contribution in [-0.4, -0.2) is 16.6 Å². The van der Waals surface area contributed by atoms with Gasteiger partial charge in [-0.05, 0) is 53.7 Å². The fourth-order valence-electron chi connectivity index (χ4n) is 1.83. The van der Waals surface area contributed by atoms with Crippen LogP contribution >= 0.6 is 15.9 Å². The third-order valence-electron chi connectivity index (χ3n) is 3.11. The number of benzene rings is 1. The molecule has 1 aromatic carbocycles. The molecule has 1 saturated carbocycles. The summed E-state index contributed by atoms with van der Waals surface area (Å²) >= 11 is 3.41. The minimum Gasteiger partial charge on any atom is -0.480 e. The zero-order valence-electron chi connectivity index (χ0n) is 9.03. The molecule has 0 heterocycles. The average molecular weight is 284 g/mol. The lowest BCUT2D eigenvalue weighted by Crippen LogP contribution is -2.45. The van der Waals surface area contributed by atoms with Crippen LogP contribution < -0.4 is 5.32 Å². The van der Waals surface area contributed by atoms with Crippen molar-refractivity contribution < 1.29 is 9.90 Å². The molecule has 0 saturated heterocycles. The summed E-state index contributed by atoms with van der Waals surface area (Å²) in [6, 6.07) is 7.58. The van der Waals surface area contributed by atoms with Crippen molar-refractivity contribution in [3.8, 4) is 0 Å². The van der Waals surface area contributed by atoms with Gasteiger partial charge in [0.25, 0.3) is 0 Å². The molecule has 0 spiro atoms. The number of halogens is 1. The lowest BCUT2D eigenvalue weighted by molar-refractivity contribution is -0.142. The van der Waals surface area contributed by atoms with Crippen LogP contribution in [0.5, 0.6) is 0 Å². The molecule has 0 aromatic heterocycles. The smallest absolute Gasteiger partial charge is 0.329 e. The Hall–Kier alpha value is -1.03. The zero-order chi connectivity index (χ0) is 11.8. The maximum Gasteiger partial charge on any atom is 0.329 e. The van der Waals surface area contributed by atoms with Crippen molar-refractivity contribution in [1.82, 2.24) is 0 Å². The number of hydrogen-bond donors (Lipinski definition) is 2. The summed E-state index contributed by atoms with van der Waals surface area (Å²) in [5.74, 6) is -0.553. The number of nitrogens with one attached hydrogen (secondary N) is 1. The summed E-state index contributed by atoms with van der Waals surface area (Å²) in [7, 11) is 0. The Morgan fingerprint density at radius 1 is 1.50 bits per heavy atom. The molecule has 1 unspecified atom stereocenters. The normalized spacial score (nSPS) is 18.9. The van der Waals surface area contributed by atoms with Crippen LogP contribution in [0.1, 0.15) is 19.8 Å². The second kappa shape index (κ2) is 4.09. The summed E-state index contributed by atoms with van der Waals surface area (Å²) in [5, 5.41) is 12.5. The van der Waals surface area contributed by atoms with Gasteiger partial charge in [-0.25, -0.2) is 4.79 Å². The monoisotopic (exact) mass is 283 g/mol. The molecule has 0 aliphatic heterocycles. The highest BCUT2D eigenvalue weighted by Crippen LogP contribution is 2.42. The van der Waals surface area contributed by atoms with E-state index < -0.39 is 11.5 Å². The third-order valence-corrected chi connectivity index (χ3v) is 3.80. The molecule has 2 rings (SSSR count). The van der Waals surface area contributed by atoms with E-state index in [9.17, 15) is 9.90 Å². The van der Waals surface area contributed by atoms with Crippen LogP contribution in [-0.2, 0) is 4.79 Å². The molecule has 1 aliphatic rings. The van der Waals surface area contributed by atoms with Gasteiger partial charge in [-0.1, -0.05) is 12.1 Å². The highest BCUT2D eigenvalue weighted by molar-refractivity contribution is 9.10. The first-order valence-electron chi connectivity index (χ1n) is 5.30. The number of carboxylic acid groups (broad SMARTS) is 1. The maximum atomic E-state index is 11.3. The highest BCUT2D eigenvalue weighted by Gasteiger charge is 2.47. The largest absolute Gasteiger partial charge is 0.480 e. The van der Waals surface area contributed by atoms with Crippen molar-refractivity contribution in [2.75, 3.05) is 5.32 Å². The lowest BCUT2D eigenvalue weighted by atomic mass is 9.95. The van der Waals surface area contributed by atoms with Crippen molar-refractivity contribution >= 4 is 27.6 Å². The summed E-state index contributed by atoms with van der Waals surface area (Å²) in [6.07, 6.45) is 1.97. The van der Waals surface area contributed by atoms with Crippen LogP contribution in [0.4, 0.5) is 5.69 Å². The Morgan fingerprint density at radius 2 is 2.12 bits per heavy atom. The van der Waals surface area contributed by atoms with Gasteiger partial charge in [-0.2, -0.15) is 0 Å². The first kappa shape index (κ1) is 11.5. The Kier molecular flexibility index (Phi) is 2.93. The van der Waals surface area contributed by atoms with E-state index in [0.717, 1.165) is 23.0 Å². The molecule has 0 bridgehead atoms. The third kappa shape index (κ3) is 2.07. The zero-order valence-corrected chi connectivity index (χ0v) is 10.6. The number of carbonyl (C=O) groups is 1. The molecular weight excluding hydrogens is 270 g/mol. The standard InChI is InChI=1S/C12H14BrNO2/c1-12(11(15)16,8-6-7-8)14-10-5-3-2-4-9(10)13/h2-5,8,14H,6-7H2,1H3,(H,15,16). The summed E-state index contributed by atoms with van der Waals surface area (Å²) in [4.78, 5) is 11.3. The van der Waals surface area contributed by atoms with Gasteiger partial charge in [0.15, 0.2) is 0 Å². The van der Waals surface area contributed by atoms with E-state index >= 15 is 0 Å². The van der Waals surface area contributed by atoms with Crippen LogP contribution in [0.15, 0.2) is 28.7 Å². The first-order chi connectivity index (χ1) is 7.54. The molecule has 0 amide bonds. The van der Waals surface area contributed by atoms with Gasteiger partial charge in [0.05, 0.1) is 0 Å². The van der Waals surface area contributed by atoms with E-state index in [0.29, 0.717) is 0 Å². The van der Waals surface area contributed by atoms with Gasteiger partial charge in [0.2, 0.25) is 0 Å². The number of anilines is 1. The van der Waals surface area contributed by atoms with Gasteiger partial charge in [-0.15, -0.1) is 0 Å². The van der Waals surface area contributed by atoms with Crippen LogP contribution in [0.2, 0.25) is 0 Å². The predicted molar refractivity (Wildman–Crippen MR) is 66.5 cm³/mol. The number of carboxylic acids is 1. The molecule has 1 aliphatic carbocycles. The Balaban J connectivity index is 2.24. The second-order valence-electron chi connectivity index (χ2n) is 4.39. The van der Waals surface area contributed by atoms with Crippen molar-refractivity contribution in [3.63, 3.8) is 0 Å². The van der Waals surface area contributed by atoms with Crippen LogP contribution in [0.3, 0.4) is 0 Å². The fraction of sp³-hybridized carbons (Fsp3) is 0.417.